The molecule has 0 aromatic carbocycles. The van der Waals surface area contributed by atoms with Crippen LogP contribution in [-0.4, -0.2) is 52.8 Å². The standard InChI is InChI=1S/C11H17N5S/c1-2-15-5-7-16(8-6-15)11-9(10(12)17)3-4-13-14-11/h3-4H,2,5-8H2,1H3,(H2,12,17). The maximum Gasteiger partial charge on any atom is 0.161 e. The number of nitrogens with two attached hydrogens (primary N) is 1. The Hall–Kier alpha value is -1.27. The van der Waals surface area contributed by atoms with E-state index in [-0.39, 0.29) is 0 Å². The fourth-order valence-electron chi connectivity index (χ4n) is 2.03. The first-order valence-electron chi connectivity index (χ1n) is 5.81. The Morgan fingerprint density at radius 3 is 2.71 bits per heavy atom. The molecule has 0 saturated carbocycles. The van der Waals surface area contributed by atoms with Crippen molar-refractivity contribution in [2.45, 2.75) is 6.92 Å². The predicted molar refractivity (Wildman–Crippen MR) is 72.2 cm³/mol. The van der Waals surface area contributed by atoms with Crippen molar-refractivity contribution in [3.63, 3.8) is 0 Å². The monoisotopic (exact) mass is 251 g/mol. The third-order valence-electron chi connectivity index (χ3n) is 3.09. The quantitative estimate of drug-likeness (QED) is 0.777. The predicted octanol–water partition coefficient (Wildman–Crippen LogP) is 0.253. The lowest BCUT2D eigenvalue weighted by Crippen LogP contribution is -2.47. The van der Waals surface area contributed by atoms with E-state index in [1.54, 1.807) is 6.20 Å². The fourth-order valence-corrected chi connectivity index (χ4v) is 2.19. The van der Waals surface area contributed by atoms with Crippen molar-refractivity contribution in [2.75, 3.05) is 37.6 Å². The third-order valence-corrected chi connectivity index (χ3v) is 3.31. The van der Waals surface area contributed by atoms with Gasteiger partial charge in [-0.05, 0) is 12.6 Å². The molecule has 0 radical (unpaired) electrons. The number of rotatable bonds is 3. The highest BCUT2D eigenvalue weighted by atomic mass is 32.1. The van der Waals surface area contributed by atoms with Gasteiger partial charge in [-0.1, -0.05) is 19.1 Å². The van der Waals surface area contributed by atoms with Crippen molar-refractivity contribution in [1.82, 2.24) is 15.1 Å². The van der Waals surface area contributed by atoms with Gasteiger partial charge in [-0.25, -0.2) is 0 Å². The van der Waals surface area contributed by atoms with Gasteiger partial charge in [0.05, 0.1) is 11.8 Å². The molecule has 2 rings (SSSR count). The van der Waals surface area contributed by atoms with Crippen LogP contribution >= 0.6 is 12.2 Å². The van der Waals surface area contributed by atoms with Crippen molar-refractivity contribution >= 4 is 23.0 Å². The van der Waals surface area contributed by atoms with E-state index in [0.717, 1.165) is 44.1 Å². The molecule has 1 fully saturated rings. The Bertz CT molecular complexity index is 401. The van der Waals surface area contributed by atoms with E-state index in [1.165, 1.54) is 0 Å². The lowest BCUT2D eigenvalue weighted by molar-refractivity contribution is 0.270. The Morgan fingerprint density at radius 1 is 1.41 bits per heavy atom. The van der Waals surface area contributed by atoms with Gasteiger partial charge in [0.25, 0.3) is 0 Å². The van der Waals surface area contributed by atoms with E-state index < -0.39 is 0 Å². The van der Waals surface area contributed by atoms with Crippen molar-refractivity contribution in [3.8, 4) is 0 Å². The number of hydrogen-bond donors (Lipinski definition) is 1. The summed E-state index contributed by atoms with van der Waals surface area (Å²) in [6, 6.07) is 1.83. The van der Waals surface area contributed by atoms with Crippen LogP contribution in [0.25, 0.3) is 0 Å². The fraction of sp³-hybridized carbons (Fsp3) is 0.545. The highest BCUT2D eigenvalue weighted by molar-refractivity contribution is 7.80. The van der Waals surface area contributed by atoms with Crippen LogP contribution < -0.4 is 10.6 Å². The molecule has 6 heteroatoms. The molecule has 17 heavy (non-hydrogen) atoms. The third kappa shape index (κ3) is 2.70. The Labute approximate surface area is 107 Å². The summed E-state index contributed by atoms with van der Waals surface area (Å²) in [5.74, 6) is 0.816. The summed E-state index contributed by atoms with van der Waals surface area (Å²) in [6.07, 6.45) is 1.63. The molecule has 2 heterocycles. The molecule has 1 aliphatic heterocycles. The molecule has 0 unspecified atom stereocenters. The first kappa shape index (κ1) is 12.2. The van der Waals surface area contributed by atoms with E-state index in [1.807, 2.05) is 6.07 Å². The summed E-state index contributed by atoms with van der Waals surface area (Å²) in [5.41, 5.74) is 6.52. The molecule has 92 valence electrons. The molecular formula is C11H17N5S. The first-order chi connectivity index (χ1) is 8.22. The summed E-state index contributed by atoms with van der Waals surface area (Å²) in [6.45, 7) is 7.26. The number of hydrogen-bond acceptors (Lipinski definition) is 5. The van der Waals surface area contributed by atoms with Crippen LogP contribution in [0.15, 0.2) is 12.3 Å². The van der Waals surface area contributed by atoms with Gasteiger partial charge in [0.2, 0.25) is 0 Å². The maximum absolute atomic E-state index is 5.70. The van der Waals surface area contributed by atoms with Crippen LogP contribution in [0.3, 0.4) is 0 Å². The van der Waals surface area contributed by atoms with Gasteiger partial charge in [0.1, 0.15) is 4.99 Å². The Balaban J connectivity index is 2.15. The summed E-state index contributed by atoms with van der Waals surface area (Å²) >= 11 is 5.04. The normalized spacial score (nSPS) is 17.1. The molecule has 2 N–H and O–H groups in total. The van der Waals surface area contributed by atoms with Gasteiger partial charge in [-0.15, -0.1) is 5.10 Å². The van der Waals surface area contributed by atoms with Crippen molar-refractivity contribution in [3.05, 3.63) is 17.8 Å². The number of anilines is 1. The van der Waals surface area contributed by atoms with Gasteiger partial charge >= 0.3 is 0 Å². The minimum Gasteiger partial charge on any atom is -0.389 e. The van der Waals surface area contributed by atoms with E-state index in [9.17, 15) is 0 Å². The molecule has 0 aliphatic carbocycles. The van der Waals surface area contributed by atoms with E-state index in [4.69, 9.17) is 18.0 Å². The minimum atomic E-state index is 0.382. The molecule has 0 bridgehead atoms. The zero-order valence-electron chi connectivity index (χ0n) is 9.96. The summed E-state index contributed by atoms with van der Waals surface area (Å²) < 4.78 is 0. The Morgan fingerprint density at radius 2 is 2.12 bits per heavy atom. The number of thiocarbonyl (C=S) groups is 1. The summed E-state index contributed by atoms with van der Waals surface area (Å²) in [7, 11) is 0. The molecule has 0 spiro atoms. The maximum atomic E-state index is 5.70. The van der Waals surface area contributed by atoms with Gasteiger partial charge in [0.15, 0.2) is 5.82 Å². The average Bonchev–Trinajstić information content (AvgIpc) is 2.39. The smallest absolute Gasteiger partial charge is 0.161 e. The average molecular weight is 251 g/mol. The first-order valence-corrected chi connectivity index (χ1v) is 6.22. The van der Waals surface area contributed by atoms with Crippen LogP contribution in [0, 0.1) is 0 Å². The second kappa shape index (κ2) is 5.37. The number of aromatic nitrogens is 2. The molecule has 1 aliphatic rings. The van der Waals surface area contributed by atoms with Gasteiger partial charge in [0, 0.05) is 26.2 Å². The number of piperazine rings is 1. The summed E-state index contributed by atoms with van der Waals surface area (Å²) in [5, 5.41) is 8.09. The van der Waals surface area contributed by atoms with Crippen LogP contribution in [0.1, 0.15) is 12.5 Å². The van der Waals surface area contributed by atoms with Crippen LogP contribution in [0.4, 0.5) is 5.82 Å². The molecule has 5 nitrogen and oxygen atoms in total. The zero-order chi connectivity index (χ0) is 12.3. The van der Waals surface area contributed by atoms with Crippen molar-refractivity contribution < 1.29 is 0 Å². The van der Waals surface area contributed by atoms with Gasteiger partial charge in [-0.3, -0.25) is 0 Å². The second-order valence-electron chi connectivity index (χ2n) is 4.05. The van der Waals surface area contributed by atoms with Crippen LogP contribution in [0.2, 0.25) is 0 Å². The molecule has 0 atom stereocenters. The lowest BCUT2D eigenvalue weighted by atomic mass is 10.2. The highest BCUT2D eigenvalue weighted by Gasteiger charge is 2.20. The lowest BCUT2D eigenvalue weighted by Gasteiger charge is -2.35. The van der Waals surface area contributed by atoms with Crippen molar-refractivity contribution in [2.24, 2.45) is 5.73 Å². The molecular weight excluding hydrogens is 234 g/mol. The number of likely N-dealkylation sites (N-methyl/N-ethyl adjacent to an activating group) is 1. The van der Waals surface area contributed by atoms with E-state index in [2.05, 4.69) is 26.9 Å². The zero-order valence-corrected chi connectivity index (χ0v) is 10.8. The Kier molecular flexibility index (Phi) is 3.86. The number of nitrogens with zero attached hydrogens (tertiary/aromatic N) is 4. The van der Waals surface area contributed by atoms with E-state index >= 15 is 0 Å². The van der Waals surface area contributed by atoms with E-state index in [0.29, 0.717) is 4.99 Å². The van der Waals surface area contributed by atoms with Gasteiger partial charge < -0.3 is 15.5 Å². The van der Waals surface area contributed by atoms with Crippen molar-refractivity contribution in [1.29, 1.82) is 0 Å². The minimum absolute atomic E-state index is 0.382. The summed E-state index contributed by atoms with van der Waals surface area (Å²) in [4.78, 5) is 4.99. The SMILES string of the molecule is CCN1CCN(c2nnccc2C(N)=S)CC1. The second-order valence-corrected chi connectivity index (χ2v) is 4.49. The highest BCUT2D eigenvalue weighted by Crippen LogP contribution is 2.17. The topological polar surface area (TPSA) is 58.3 Å². The molecule has 1 aromatic heterocycles. The van der Waals surface area contributed by atoms with Crippen LogP contribution in [0.5, 0.6) is 0 Å². The largest absolute Gasteiger partial charge is 0.389 e. The van der Waals surface area contributed by atoms with Crippen LogP contribution in [-0.2, 0) is 0 Å². The molecule has 1 saturated heterocycles. The molecule has 1 aromatic rings. The van der Waals surface area contributed by atoms with Gasteiger partial charge in [-0.2, -0.15) is 5.10 Å². The molecule has 0 amide bonds.